The van der Waals surface area contributed by atoms with Crippen molar-refractivity contribution in [1.29, 1.82) is 0 Å². The monoisotopic (exact) mass is 363 g/mol. The number of aromatic nitrogens is 2. The molecule has 2 heterocycles. The predicted octanol–water partition coefficient (Wildman–Crippen LogP) is 3.65. The van der Waals surface area contributed by atoms with Crippen molar-refractivity contribution in [3.8, 4) is 17.1 Å². The highest BCUT2D eigenvalue weighted by Crippen LogP contribution is 2.30. The van der Waals surface area contributed by atoms with Gasteiger partial charge in [-0.2, -0.15) is 4.98 Å². The third-order valence-corrected chi connectivity index (χ3v) is 4.62. The summed E-state index contributed by atoms with van der Waals surface area (Å²) in [4.78, 5) is 18.8. The Bertz CT molecular complexity index is 923. The van der Waals surface area contributed by atoms with Crippen LogP contribution in [0.25, 0.3) is 11.4 Å². The van der Waals surface area contributed by atoms with Gasteiger partial charge in [0.05, 0.1) is 12.5 Å². The number of carbonyl (C=O) groups is 1. The Labute approximate surface area is 157 Å². The van der Waals surface area contributed by atoms with Crippen molar-refractivity contribution in [3.05, 3.63) is 66.1 Å². The van der Waals surface area contributed by atoms with E-state index in [2.05, 4.69) is 10.1 Å². The number of hydrogen-bond donors (Lipinski definition) is 0. The minimum absolute atomic E-state index is 0.0717. The van der Waals surface area contributed by atoms with Gasteiger partial charge in [-0.25, -0.2) is 0 Å². The molecular weight excluding hydrogens is 342 g/mol. The molecule has 0 radical (unpaired) electrons. The average molecular weight is 363 g/mol. The number of ether oxygens (including phenoxy) is 1. The third kappa shape index (κ3) is 3.84. The van der Waals surface area contributed by atoms with Crippen LogP contribution in [0.5, 0.6) is 5.75 Å². The quantitative estimate of drug-likeness (QED) is 0.669. The molecule has 1 saturated heterocycles. The lowest BCUT2D eigenvalue weighted by atomic mass is 10.1. The van der Waals surface area contributed by atoms with Crippen LogP contribution in [0.3, 0.4) is 0 Å². The molecule has 1 aliphatic rings. The first kappa shape index (κ1) is 17.3. The molecule has 138 valence electrons. The largest absolute Gasteiger partial charge is 0.494 e. The molecule has 6 heteroatoms. The molecule has 1 aliphatic heterocycles. The van der Waals surface area contributed by atoms with E-state index >= 15 is 0 Å². The van der Waals surface area contributed by atoms with Gasteiger partial charge in [0, 0.05) is 25.1 Å². The topological polar surface area (TPSA) is 68.5 Å². The molecule has 3 aromatic rings. The maximum Gasteiger partial charge on any atom is 0.232 e. The van der Waals surface area contributed by atoms with Crippen molar-refractivity contribution in [2.24, 2.45) is 0 Å². The number of benzene rings is 2. The second-order valence-corrected chi connectivity index (χ2v) is 6.58. The zero-order chi connectivity index (χ0) is 18.6. The van der Waals surface area contributed by atoms with E-state index in [0.29, 0.717) is 37.8 Å². The predicted molar refractivity (Wildman–Crippen MR) is 100 cm³/mol. The lowest BCUT2D eigenvalue weighted by Crippen LogP contribution is -2.24. The van der Waals surface area contributed by atoms with Gasteiger partial charge in [0.1, 0.15) is 5.75 Å². The molecule has 6 nitrogen and oxygen atoms in total. The van der Waals surface area contributed by atoms with Crippen LogP contribution < -0.4 is 4.74 Å². The molecule has 1 amide bonds. The summed E-state index contributed by atoms with van der Waals surface area (Å²) in [5.41, 5.74) is 1.95. The van der Waals surface area contributed by atoms with E-state index in [1.165, 1.54) is 0 Å². The van der Waals surface area contributed by atoms with Gasteiger partial charge in [0.15, 0.2) is 0 Å². The Kier molecular flexibility index (Phi) is 4.87. The second-order valence-electron chi connectivity index (χ2n) is 6.58. The molecule has 1 atom stereocenters. The lowest BCUT2D eigenvalue weighted by molar-refractivity contribution is -0.128. The Morgan fingerprint density at radius 3 is 2.85 bits per heavy atom. The summed E-state index contributed by atoms with van der Waals surface area (Å²) in [5, 5.41) is 4.06. The van der Waals surface area contributed by atoms with Gasteiger partial charge in [0.2, 0.25) is 17.6 Å². The fraction of sp³-hybridized carbons (Fsp3) is 0.286. The highest BCUT2D eigenvalue weighted by molar-refractivity contribution is 5.79. The first-order valence-electron chi connectivity index (χ1n) is 9.11. The number of hydrogen-bond acceptors (Lipinski definition) is 5. The van der Waals surface area contributed by atoms with Gasteiger partial charge in [-0.15, -0.1) is 0 Å². The van der Waals surface area contributed by atoms with Crippen LogP contribution in [-0.2, 0) is 11.3 Å². The van der Waals surface area contributed by atoms with E-state index in [1.807, 2.05) is 66.4 Å². The summed E-state index contributed by atoms with van der Waals surface area (Å²) in [6, 6.07) is 17.5. The standard InChI is InChI=1S/C21H21N3O3/c1-2-26-18-10-6-7-15(11-18)13-24-14-17(12-19(24)25)21-22-20(23-27-21)16-8-4-3-5-9-16/h3-11,17H,2,12-14H2,1H3. The first-order valence-corrected chi connectivity index (χ1v) is 9.11. The van der Waals surface area contributed by atoms with Gasteiger partial charge < -0.3 is 14.2 Å². The summed E-state index contributed by atoms with van der Waals surface area (Å²) in [5.74, 6) is 1.93. The van der Waals surface area contributed by atoms with Crippen molar-refractivity contribution in [2.75, 3.05) is 13.2 Å². The van der Waals surface area contributed by atoms with Crippen LogP contribution >= 0.6 is 0 Å². The number of rotatable bonds is 6. The summed E-state index contributed by atoms with van der Waals surface area (Å²) in [6.07, 6.45) is 0.390. The molecule has 1 unspecified atom stereocenters. The third-order valence-electron chi connectivity index (χ3n) is 4.62. The fourth-order valence-corrected chi connectivity index (χ4v) is 3.32. The number of carbonyl (C=O) groups excluding carboxylic acids is 1. The summed E-state index contributed by atoms with van der Waals surface area (Å²) in [7, 11) is 0. The zero-order valence-electron chi connectivity index (χ0n) is 15.2. The van der Waals surface area contributed by atoms with E-state index in [-0.39, 0.29) is 11.8 Å². The average Bonchev–Trinajstić information content (AvgIpc) is 3.31. The molecule has 0 N–H and O–H groups in total. The van der Waals surface area contributed by atoms with Crippen molar-refractivity contribution in [1.82, 2.24) is 15.0 Å². The SMILES string of the molecule is CCOc1cccc(CN2CC(c3nc(-c4ccccc4)no3)CC2=O)c1. The zero-order valence-corrected chi connectivity index (χ0v) is 15.2. The van der Waals surface area contributed by atoms with Crippen LogP contribution in [0, 0.1) is 0 Å². The minimum atomic E-state index is -0.0717. The fourth-order valence-electron chi connectivity index (χ4n) is 3.32. The molecule has 0 bridgehead atoms. The van der Waals surface area contributed by atoms with Crippen LogP contribution in [0.4, 0.5) is 0 Å². The van der Waals surface area contributed by atoms with E-state index in [1.54, 1.807) is 0 Å². The lowest BCUT2D eigenvalue weighted by Gasteiger charge is -2.16. The van der Waals surface area contributed by atoms with E-state index in [4.69, 9.17) is 9.26 Å². The molecule has 0 spiro atoms. The molecule has 2 aromatic carbocycles. The molecule has 4 rings (SSSR count). The highest BCUT2D eigenvalue weighted by Gasteiger charge is 2.34. The van der Waals surface area contributed by atoms with Crippen LogP contribution in [0.15, 0.2) is 59.1 Å². The van der Waals surface area contributed by atoms with Crippen molar-refractivity contribution >= 4 is 5.91 Å². The van der Waals surface area contributed by atoms with Gasteiger partial charge in [0.25, 0.3) is 0 Å². The number of amides is 1. The molecule has 0 saturated carbocycles. The highest BCUT2D eigenvalue weighted by atomic mass is 16.5. The normalized spacial score (nSPS) is 16.7. The molecule has 1 aromatic heterocycles. The Morgan fingerprint density at radius 2 is 2.04 bits per heavy atom. The van der Waals surface area contributed by atoms with Crippen molar-refractivity contribution in [3.63, 3.8) is 0 Å². The smallest absolute Gasteiger partial charge is 0.232 e. The summed E-state index contributed by atoms with van der Waals surface area (Å²) in [6.45, 7) is 3.70. The minimum Gasteiger partial charge on any atom is -0.494 e. The summed E-state index contributed by atoms with van der Waals surface area (Å²) >= 11 is 0. The summed E-state index contributed by atoms with van der Waals surface area (Å²) < 4.78 is 11.0. The van der Waals surface area contributed by atoms with E-state index in [0.717, 1.165) is 16.9 Å². The van der Waals surface area contributed by atoms with Crippen LogP contribution in [0.1, 0.15) is 30.7 Å². The maximum atomic E-state index is 12.5. The number of likely N-dealkylation sites (tertiary alicyclic amines) is 1. The Hall–Kier alpha value is -3.15. The Morgan fingerprint density at radius 1 is 1.19 bits per heavy atom. The molecular formula is C21H21N3O3. The van der Waals surface area contributed by atoms with E-state index in [9.17, 15) is 4.79 Å². The van der Waals surface area contributed by atoms with Gasteiger partial charge >= 0.3 is 0 Å². The van der Waals surface area contributed by atoms with Crippen molar-refractivity contribution < 1.29 is 14.1 Å². The van der Waals surface area contributed by atoms with Crippen LogP contribution in [-0.4, -0.2) is 34.1 Å². The van der Waals surface area contributed by atoms with Gasteiger partial charge in [-0.05, 0) is 24.6 Å². The van der Waals surface area contributed by atoms with Gasteiger partial charge in [-0.1, -0.05) is 47.6 Å². The molecule has 0 aliphatic carbocycles. The van der Waals surface area contributed by atoms with Gasteiger partial charge in [-0.3, -0.25) is 4.79 Å². The van der Waals surface area contributed by atoms with E-state index < -0.39 is 0 Å². The van der Waals surface area contributed by atoms with Crippen molar-refractivity contribution in [2.45, 2.75) is 25.8 Å². The first-order chi connectivity index (χ1) is 13.2. The molecule has 1 fully saturated rings. The Balaban J connectivity index is 1.45. The maximum absolute atomic E-state index is 12.5. The number of nitrogens with zero attached hydrogens (tertiary/aromatic N) is 3. The molecule has 27 heavy (non-hydrogen) atoms. The second kappa shape index (κ2) is 7.61. The van der Waals surface area contributed by atoms with Crippen LogP contribution in [0.2, 0.25) is 0 Å².